The lowest BCUT2D eigenvalue weighted by Gasteiger charge is -2.18. The molecule has 1 heterocycles. The zero-order chi connectivity index (χ0) is 14.7. The number of carbonyl (C=O) groups is 1. The van der Waals surface area contributed by atoms with Crippen molar-refractivity contribution >= 4 is 28.7 Å². The van der Waals surface area contributed by atoms with E-state index in [4.69, 9.17) is 5.11 Å². The molecular weight excluding hydrogens is 280 g/mol. The maximum absolute atomic E-state index is 11.1. The number of nitro benzene ring substituents is 1. The predicted octanol–water partition coefficient (Wildman–Crippen LogP) is 2.99. The lowest BCUT2D eigenvalue weighted by molar-refractivity contribution is -0.384. The third kappa shape index (κ3) is 2.94. The monoisotopic (exact) mass is 292 g/mol. The number of hydrogen-bond donors (Lipinski definition) is 1. The van der Waals surface area contributed by atoms with Gasteiger partial charge < -0.3 is 10.0 Å². The maximum atomic E-state index is 11.1. The van der Waals surface area contributed by atoms with Gasteiger partial charge in [-0.3, -0.25) is 10.1 Å². The largest absolute Gasteiger partial charge is 0.478 e. The number of thiophene rings is 1. The lowest BCUT2D eigenvalue weighted by atomic mass is 10.1. The minimum Gasteiger partial charge on any atom is -0.478 e. The number of anilines is 1. The molecule has 0 radical (unpaired) electrons. The van der Waals surface area contributed by atoms with Crippen LogP contribution in [0.1, 0.15) is 15.2 Å². The summed E-state index contributed by atoms with van der Waals surface area (Å²) in [6.45, 7) is 0.533. The number of hydrogen-bond acceptors (Lipinski definition) is 5. The van der Waals surface area contributed by atoms with Crippen LogP contribution in [-0.4, -0.2) is 23.0 Å². The van der Waals surface area contributed by atoms with E-state index in [1.165, 1.54) is 12.1 Å². The Kier molecular flexibility index (Phi) is 3.99. The molecule has 0 atom stereocenters. The molecule has 0 unspecified atom stereocenters. The summed E-state index contributed by atoms with van der Waals surface area (Å²) in [5.74, 6) is -1.18. The number of benzene rings is 1. The van der Waals surface area contributed by atoms with Crippen molar-refractivity contribution in [1.29, 1.82) is 0 Å². The molecule has 0 aliphatic heterocycles. The fraction of sp³-hybridized carbons (Fsp3) is 0.154. The van der Waals surface area contributed by atoms with Crippen LogP contribution in [0.15, 0.2) is 35.7 Å². The van der Waals surface area contributed by atoms with Gasteiger partial charge in [-0.15, -0.1) is 11.3 Å². The van der Waals surface area contributed by atoms with Crippen LogP contribution >= 0.6 is 11.3 Å². The molecule has 0 aliphatic carbocycles. The standard InChI is InChI=1S/C13H12N2O4S/c1-14(8-10-3-2-6-20-10)11-5-4-9(13(16)17)7-12(11)15(18)19/h2-7H,8H2,1H3,(H,16,17). The van der Waals surface area contributed by atoms with Gasteiger partial charge in [0.25, 0.3) is 5.69 Å². The van der Waals surface area contributed by atoms with Crippen molar-refractivity contribution in [1.82, 2.24) is 0 Å². The molecule has 0 spiro atoms. The zero-order valence-electron chi connectivity index (χ0n) is 10.6. The van der Waals surface area contributed by atoms with E-state index < -0.39 is 10.9 Å². The van der Waals surface area contributed by atoms with Crippen molar-refractivity contribution in [3.63, 3.8) is 0 Å². The van der Waals surface area contributed by atoms with E-state index in [-0.39, 0.29) is 11.3 Å². The third-order valence-electron chi connectivity index (χ3n) is 2.80. The molecule has 0 amide bonds. The highest BCUT2D eigenvalue weighted by molar-refractivity contribution is 7.09. The number of carboxylic acids is 1. The quantitative estimate of drug-likeness (QED) is 0.676. The van der Waals surface area contributed by atoms with Crippen molar-refractivity contribution in [3.8, 4) is 0 Å². The summed E-state index contributed by atoms with van der Waals surface area (Å²) in [4.78, 5) is 24.2. The first-order valence-corrected chi connectivity index (χ1v) is 6.62. The predicted molar refractivity (Wildman–Crippen MR) is 76.5 cm³/mol. The van der Waals surface area contributed by atoms with Gasteiger partial charge in [0.2, 0.25) is 0 Å². The molecule has 2 aromatic rings. The lowest BCUT2D eigenvalue weighted by Crippen LogP contribution is -2.17. The average molecular weight is 292 g/mol. The molecule has 0 saturated carbocycles. The summed E-state index contributed by atoms with van der Waals surface area (Å²) in [5, 5.41) is 21.9. The Morgan fingerprint density at radius 3 is 2.75 bits per heavy atom. The minimum absolute atomic E-state index is 0.0926. The topological polar surface area (TPSA) is 83.7 Å². The summed E-state index contributed by atoms with van der Waals surface area (Å²) >= 11 is 1.56. The second-order valence-corrected chi connectivity index (χ2v) is 5.23. The molecule has 6 nitrogen and oxygen atoms in total. The van der Waals surface area contributed by atoms with Crippen molar-refractivity contribution in [2.45, 2.75) is 6.54 Å². The summed E-state index contributed by atoms with van der Waals surface area (Å²) in [7, 11) is 1.74. The number of nitro groups is 1. The smallest absolute Gasteiger partial charge is 0.335 e. The van der Waals surface area contributed by atoms with Gasteiger partial charge in [-0.1, -0.05) is 6.07 Å². The molecule has 0 fully saturated rings. The van der Waals surface area contributed by atoms with Crippen molar-refractivity contribution < 1.29 is 14.8 Å². The molecule has 20 heavy (non-hydrogen) atoms. The second kappa shape index (κ2) is 5.70. The van der Waals surface area contributed by atoms with Crippen LogP contribution < -0.4 is 4.90 Å². The Labute approximate surface area is 119 Å². The van der Waals surface area contributed by atoms with Gasteiger partial charge in [0.15, 0.2) is 0 Å². The van der Waals surface area contributed by atoms with E-state index in [1.807, 2.05) is 17.5 Å². The number of rotatable bonds is 5. The van der Waals surface area contributed by atoms with E-state index in [9.17, 15) is 14.9 Å². The Balaban J connectivity index is 2.35. The van der Waals surface area contributed by atoms with Crippen molar-refractivity contribution in [2.24, 2.45) is 0 Å². The van der Waals surface area contributed by atoms with Gasteiger partial charge in [0, 0.05) is 18.0 Å². The van der Waals surface area contributed by atoms with Gasteiger partial charge in [-0.05, 0) is 23.6 Å². The van der Waals surface area contributed by atoms with E-state index in [1.54, 1.807) is 23.3 Å². The highest BCUT2D eigenvalue weighted by Crippen LogP contribution is 2.30. The summed E-state index contributed by atoms with van der Waals surface area (Å²) in [6, 6.07) is 7.78. The summed E-state index contributed by atoms with van der Waals surface area (Å²) in [5.41, 5.74) is 0.0994. The number of carboxylic acid groups (broad SMARTS) is 1. The van der Waals surface area contributed by atoms with Crippen LogP contribution in [0.3, 0.4) is 0 Å². The zero-order valence-corrected chi connectivity index (χ0v) is 11.5. The van der Waals surface area contributed by atoms with Gasteiger partial charge >= 0.3 is 5.97 Å². The molecule has 1 N–H and O–H groups in total. The summed E-state index contributed by atoms with van der Waals surface area (Å²) in [6.07, 6.45) is 0. The van der Waals surface area contributed by atoms with Gasteiger partial charge in [-0.25, -0.2) is 4.79 Å². The van der Waals surface area contributed by atoms with Crippen LogP contribution in [0.25, 0.3) is 0 Å². The number of aromatic carboxylic acids is 1. The normalized spacial score (nSPS) is 10.2. The highest BCUT2D eigenvalue weighted by atomic mass is 32.1. The molecule has 104 valence electrons. The van der Waals surface area contributed by atoms with Crippen LogP contribution in [0, 0.1) is 10.1 Å². The highest BCUT2D eigenvalue weighted by Gasteiger charge is 2.20. The molecule has 1 aromatic heterocycles. The first-order chi connectivity index (χ1) is 9.49. The van der Waals surface area contributed by atoms with E-state index in [0.717, 1.165) is 10.9 Å². The molecule has 2 rings (SSSR count). The van der Waals surface area contributed by atoms with Crippen molar-refractivity contribution in [2.75, 3.05) is 11.9 Å². The molecule has 7 heteroatoms. The van der Waals surface area contributed by atoms with Crippen LogP contribution in [0.5, 0.6) is 0 Å². The Morgan fingerprint density at radius 1 is 1.45 bits per heavy atom. The Morgan fingerprint density at radius 2 is 2.20 bits per heavy atom. The first-order valence-electron chi connectivity index (χ1n) is 5.74. The first kappa shape index (κ1) is 14.0. The number of nitrogens with zero attached hydrogens (tertiary/aromatic N) is 2. The van der Waals surface area contributed by atoms with E-state index in [0.29, 0.717) is 12.2 Å². The fourth-order valence-corrected chi connectivity index (χ4v) is 2.60. The molecule has 1 aromatic carbocycles. The molecule has 0 aliphatic rings. The van der Waals surface area contributed by atoms with Gasteiger partial charge in [0.05, 0.1) is 17.0 Å². The van der Waals surface area contributed by atoms with Crippen LogP contribution in [0.2, 0.25) is 0 Å². The van der Waals surface area contributed by atoms with Crippen molar-refractivity contribution in [3.05, 3.63) is 56.3 Å². The van der Waals surface area contributed by atoms with Gasteiger partial charge in [-0.2, -0.15) is 0 Å². The Bertz CT molecular complexity index is 640. The molecule has 0 saturated heterocycles. The third-order valence-corrected chi connectivity index (χ3v) is 3.66. The summed E-state index contributed by atoms with van der Waals surface area (Å²) < 4.78 is 0. The average Bonchev–Trinajstić information content (AvgIpc) is 2.90. The van der Waals surface area contributed by atoms with E-state index in [2.05, 4.69) is 0 Å². The fourth-order valence-electron chi connectivity index (χ4n) is 1.85. The molecule has 0 bridgehead atoms. The van der Waals surface area contributed by atoms with Gasteiger partial charge in [0.1, 0.15) is 5.69 Å². The second-order valence-electron chi connectivity index (χ2n) is 4.20. The van der Waals surface area contributed by atoms with Crippen LogP contribution in [-0.2, 0) is 6.54 Å². The van der Waals surface area contributed by atoms with E-state index >= 15 is 0 Å². The Hall–Kier alpha value is -2.41. The maximum Gasteiger partial charge on any atom is 0.335 e. The minimum atomic E-state index is -1.18. The van der Waals surface area contributed by atoms with Crippen LogP contribution in [0.4, 0.5) is 11.4 Å². The SMILES string of the molecule is CN(Cc1cccs1)c1ccc(C(=O)O)cc1[N+](=O)[O-]. The molecular formula is C13H12N2O4S.